The van der Waals surface area contributed by atoms with Crippen LogP contribution < -0.4 is 0 Å². The Kier molecular flexibility index (Phi) is 4.37. The molecule has 0 radical (unpaired) electrons. The van der Waals surface area contributed by atoms with E-state index in [-0.39, 0.29) is 5.41 Å². The molecule has 0 aliphatic heterocycles. The van der Waals surface area contributed by atoms with Gasteiger partial charge in [0.25, 0.3) is 0 Å². The minimum Gasteiger partial charge on any atom is -0.386 e. The van der Waals surface area contributed by atoms with E-state index in [1.165, 1.54) is 24.8 Å². The molecule has 1 rings (SSSR count). The van der Waals surface area contributed by atoms with Gasteiger partial charge in [0, 0.05) is 0 Å². The summed E-state index contributed by atoms with van der Waals surface area (Å²) in [5, 5.41) is 10.2. The molecule has 1 aliphatic rings. The highest BCUT2D eigenvalue weighted by Gasteiger charge is 2.20. The molecule has 0 amide bonds. The van der Waals surface area contributed by atoms with Gasteiger partial charge in [-0.2, -0.15) is 0 Å². The lowest BCUT2D eigenvalue weighted by Crippen LogP contribution is -2.21. The average molecular weight is 222 g/mol. The van der Waals surface area contributed by atoms with E-state index in [1.54, 1.807) is 0 Å². The van der Waals surface area contributed by atoms with E-state index in [2.05, 4.69) is 32.9 Å². The molecule has 92 valence electrons. The lowest BCUT2D eigenvalue weighted by atomic mass is 9.85. The van der Waals surface area contributed by atoms with Crippen LogP contribution in [0.25, 0.3) is 0 Å². The minimum absolute atomic E-state index is 0.203. The second-order valence-electron chi connectivity index (χ2n) is 6.12. The van der Waals surface area contributed by atoms with E-state index in [9.17, 15) is 5.11 Å². The molecule has 0 aromatic carbocycles. The van der Waals surface area contributed by atoms with E-state index in [0.29, 0.717) is 0 Å². The van der Waals surface area contributed by atoms with Crippen LogP contribution in [-0.2, 0) is 0 Å². The smallest absolute Gasteiger partial charge is 0.0802 e. The van der Waals surface area contributed by atoms with Crippen LogP contribution in [0.2, 0.25) is 0 Å². The van der Waals surface area contributed by atoms with E-state index < -0.39 is 5.60 Å². The van der Waals surface area contributed by atoms with Crippen LogP contribution in [-0.4, -0.2) is 10.7 Å². The monoisotopic (exact) mass is 222 g/mol. The molecule has 1 atom stereocenters. The van der Waals surface area contributed by atoms with Crippen molar-refractivity contribution in [3.05, 3.63) is 23.8 Å². The zero-order valence-corrected chi connectivity index (χ0v) is 11.2. The van der Waals surface area contributed by atoms with Crippen LogP contribution in [0.4, 0.5) is 0 Å². The normalized spacial score (nSPS) is 31.7. The molecule has 0 aromatic rings. The molecule has 0 spiro atoms. The third-order valence-electron chi connectivity index (χ3n) is 3.43. The highest BCUT2D eigenvalue weighted by Crippen LogP contribution is 2.29. The Morgan fingerprint density at radius 1 is 1.12 bits per heavy atom. The van der Waals surface area contributed by atoms with Gasteiger partial charge in [0.1, 0.15) is 0 Å². The van der Waals surface area contributed by atoms with Crippen molar-refractivity contribution < 1.29 is 5.11 Å². The molecule has 0 fully saturated rings. The standard InChI is InChI=1S/C15H26O/c1-13-7-5-9-14(2,3)11-12-15(4,16)10-6-8-13/h8,11-12,16H,5-7,9-10H2,1-4H3. The lowest BCUT2D eigenvalue weighted by molar-refractivity contribution is 0.102. The summed E-state index contributed by atoms with van der Waals surface area (Å²) in [6.07, 6.45) is 11.9. The molecular formula is C15H26O. The van der Waals surface area contributed by atoms with Gasteiger partial charge in [-0.1, -0.05) is 37.6 Å². The Labute approximate surface area is 100 Å². The van der Waals surface area contributed by atoms with Gasteiger partial charge >= 0.3 is 0 Å². The van der Waals surface area contributed by atoms with Crippen molar-refractivity contribution in [3.63, 3.8) is 0 Å². The number of hydrogen-bond donors (Lipinski definition) is 1. The third-order valence-corrected chi connectivity index (χ3v) is 3.43. The van der Waals surface area contributed by atoms with E-state index in [0.717, 1.165) is 12.8 Å². The summed E-state index contributed by atoms with van der Waals surface area (Å²) < 4.78 is 0. The molecule has 1 heteroatoms. The summed E-state index contributed by atoms with van der Waals surface area (Å²) in [4.78, 5) is 0. The van der Waals surface area contributed by atoms with Crippen molar-refractivity contribution >= 4 is 0 Å². The lowest BCUT2D eigenvalue weighted by Gasteiger charge is -2.23. The second kappa shape index (κ2) is 5.18. The predicted molar refractivity (Wildman–Crippen MR) is 70.4 cm³/mol. The van der Waals surface area contributed by atoms with Crippen LogP contribution in [0.5, 0.6) is 0 Å². The van der Waals surface area contributed by atoms with E-state index >= 15 is 0 Å². The Morgan fingerprint density at radius 3 is 2.50 bits per heavy atom. The Bertz CT molecular complexity index is 282. The fourth-order valence-electron chi connectivity index (χ4n) is 2.11. The quantitative estimate of drug-likeness (QED) is 0.608. The summed E-state index contributed by atoms with van der Waals surface area (Å²) in [6, 6.07) is 0. The summed E-state index contributed by atoms with van der Waals surface area (Å²) in [5.74, 6) is 0. The first-order valence-electron chi connectivity index (χ1n) is 6.39. The highest BCUT2D eigenvalue weighted by atomic mass is 16.3. The zero-order valence-electron chi connectivity index (χ0n) is 11.2. The molecule has 0 aromatic heterocycles. The minimum atomic E-state index is -0.654. The van der Waals surface area contributed by atoms with E-state index in [4.69, 9.17) is 0 Å². The molecular weight excluding hydrogens is 196 g/mol. The first-order chi connectivity index (χ1) is 7.31. The Balaban J connectivity index is 2.80. The topological polar surface area (TPSA) is 20.2 Å². The van der Waals surface area contributed by atoms with Gasteiger partial charge in [0.2, 0.25) is 0 Å². The van der Waals surface area contributed by atoms with Gasteiger partial charge < -0.3 is 5.11 Å². The van der Waals surface area contributed by atoms with Crippen LogP contribution in [0, 0.1) is 5.41 Å². The van der Waals surface area contributed by atoms with Crippen molar-refractivity contribution in [3.8, 4) is 0 Å². The number of aliphatic hydroxyl groups is 1. The molecule has 0 bridgehead atoms. The van der Waals surface area contributed by atoms with Crippen molar-refractivity contribution in [1.82, 2.24) is 0 Å². The van der Waals surface area contributed by atoms with Gasteiger partial charge in [-0.3, -0.25) is 0 Å². The summed E-state index contributed by atoms with van der Waals surface area (Å²) >= 11 is 0. The Hall–Kier alpha value is -0.560. The molecule has 0 saturated heterocycles. The molecule has 1 N–H and O–H groups in total. The maximum absolute atomic E-state index is 10.2. The van der Waals surface area contributed by atoms with Crippen molar-refractivity contribution in [2.75, 3.05) is 0 Å². The second-order valence-corrected chi connectivity index (χ2v) is 6.12. The van der Waals surface area contributed by atoms with Crippen LogP contribution in [0.15, 0.2) is 23.8 Å². The Morgan fingerprint density at radius 2 is 1.81 bits per heavy atom. The van der Waals surface area contributed by atoms with Crippen LogP contribution in [0.1, 0.15) is 59.8 Å². The molecule has 16 heavy (non-hydrogen) atoms. The van der Waals surface area contributed by atoms with Gasteiger partial charge in [-0.25, -0.2) is 0 Å². The predicted octanol–water partition coefficient (Wildman–Crippen LogP) is 4.23. The molecule has 1 aliphatic carbocycles. The summed E-state index contributed by atoms with van der Waals surface area (Å²) in [6.45, 7) is 8.60. The van der Waals surface area contributed by atoms with Crippen LogP contribution >= 0.6 is 0 Å². The van der Waals surface area contributed by atoms with E-state index in [1.807, 2.05) is 13.0 Å². The van der Waals surface area contributed by atoms with Gasteiger partial charge in [0.05, 0.1) is 5.60 Å². The van der Waals surface area contributed by atoms with Crippen molar-refractivity contribution in [1.29, 1.82) is 0 Å². The SMILES string of the molecule is CC1=CCCC(C)(O)C=CC(C)(C)CCC1. The van der Waals surface area contributed by atoms with Gasteiger partial charge in [-0.15, -0.1) is 0 Å². The highest BCUT2D eigenvalue weighted by molar-refractivity contribution is 5.07. The molecule has 1 unspecified atom stereocenters. The average Bonchev–Trinajstić information content (AvgIpc) is 2.15. The van der Waals surface area contributed by atoms with Gasteiger partial charge in [0.15, 0.2) is 0 Å². The summed E-state index contributed by atoms with van der Waals surface area (Å²) in [7, 11) is 0. The maximum Gasteiger partial charge on any atom is 0.0802 e. The fraction of sp³-hybridized carbons (Fsp3) is 0.733. The maximum atomic E-state index is 10.2. The van der Waals surface area contributed by atoms with Crippen molar-refractivity contribution in [2.45, 2.75) is 65.4 Å². The zero-order chi connectivity index (χ0) is 12.2. The summed E-state index contributed by atoms with van der Waals surface area (Å²) in [5.41, 5.74) is 1.01. The molecule has 0 heterocycles. The number of rotatable bonds is 0. The number of allylic oxidation sites excluding steroid dienone is 3. The van der Waals surface area contributed by atoms with Crippen LogP contribution in [0.3, 0.4) is 0 Å². The van der Waals surface area contributed by atoms with Gasteiger partial charge in [-0.05, 0) is 51.4 Å². The molecule has 1 nitrogen and oxygen atoms in total. The fourth-order valence-corrected chi connectivity index (χ4v) is 2.11. The first-order valence-corrected chi connectivity index (χ1v) is 6.39. The largest absolute Gasteiger partial charge is 0.386 e. The third kappa shape index (κ3) is 4.98. The molecule has 0 saturated carbocycles. The number of hydrogen-bond acceptors (Lipinski definition) is 1. The first kappa shape index (κ1) is 13.5. The van der Waals surface area contributed by atoms with Crippen molar-refractivity contribution in [2.24, 2.45) is 5.41 Å².